The van der Waals surface area contributed by atoms with Gasteiger partial charge in [0, 0.05) is 17.5 Å². The molecule has 0 spiro atoms. The van der Waals surface area contributed by atoms with Crippen molar-refractivity contribution >= 4 is 5.76 Å². The van der Waals surface area contributed by atoms with E-state index in [4.69, 9.17) is 0 Å². The maximum absolute atomic E-state index is 9.55. The lowest BCUT2D eigenvalue weighted by atomic mass is 10.1. The van der Waals surface area contributed by atoms with E-state index >= 15 is 0 Å². The summed E-state index contributed by atoms with van der Waals surface area (Å²) in [6.07, 6.45) is 2.58. The van der Waals surface area contributed by atoms with E-state index in [-0.39, 0.29) is 5.76 Å². The minimum absolute atomic E-state index is 0.00592. The number of aryl methyl sites for hydroxylation is 1. The van der Waals surface area contributed by atoms with Gasteiger partial charge in [-0.3, -0.25) is 0 Å². The summed E-state index contributed by atoms with van der Waals surface area (Å²) < 4.78 is 1.78. The summed E-state index contributed by atoms with van der Waals surface area (Å²) in [6.45, 7) is 13.6. The Morgan fingerprint density at radius 3 is 2.50 bits per heavy atom. The fraction of sp³-hybridized carbons (Fsp3) is 0.375. The molecule has 0 aliphatic carbocycles. The van der Waals surface area contributed by atoms with E-state index < -0.39 is 0 Å². The Bertz CT molecular complexity index is 600. The van der Waals surface area contributed by atoms with E-state index in [1.807, 2.05) is 39.8 Å². The summed E-state index contributed by atoms with van der Waals surface area (Å²) in [5.74, 6) is 0.760. The second-order valence-electron chi connectivity index (χ2n) is 4.32. The Morgan fingerprint density at radius 2 is 2.00 bits per heavy atom. The van der Waals surface area contributed by atoms with Gasteiger partial charge in [0.05, 0.1) is 0 Å². The summed E-state index contributed by atoms with van der Waals surface area (Å²) in [7, 11) is 0. The van der Waals surface area contributed by atoms with Gasteiger partial charge in [-0.15, -0.1) is 0 Å². The Labute approximate surface area is 120 Å². The van der Waals surface area contributed by atoms with Crippen molar-refractivity contribution in [1.82, 2.24) is 14.8 Å². The molecule has 4 heteroatoms. The minimum Gasteiger partial charge on any atom is -0.506 e. The molecule has 20 heavy (non-hydrogen) atoms. The second-order valence-corrected chi connectivity index (χ2v) is 4.32. The van der Waals surface area contributed by atoms with Gasteiger partial charge in [-0.05, 0) is 38.0 Å². The van der Waals surface area contributed by atoms with E-state index in [1.54, 1.807) is 10.9 Å². The molecule has 0 amide bonds. The van der Waals surface area contributed by atoms with E-state index in [9.17, 15) is 5.11 Å². The normalized spacial score (nSPS) is 9.85. The molecule has 108 valence electrons. The molecule has 2 aromatic rings. The van der Waals surface area contributed by atoms with Crippen LogP contribution in [0.5, 0.6) is 0 Å². The van der Waals surface area contributed by atoms with Crippen molar-refractivity contribution in [3.05, 3.63) is 47.4 Å². The smallest absolute Gasteiger partial charge is 0.153 e. The van der Waals surface area contributed by atoms with Gasteiger partial charge in [-0.2, -0.15) is 5.10 Å². The lowest BCUT2D eigenvalue weighted by molar-refractivity contribution is 0.509. The number of rotatable bonds is 3. The highest BCUT2D eigenvalue weighted by atomic mass is 16.3. The topological polar surface area (TPSA) is 50.9 Å². The predicted molar refractivity (Wildman–Crippen MR) is 83.2 cm³/mol. The zero-order chi connectivity index (χ0) is 15.3. The van der Waals surface area contributed by atoms with Crippen molar-refractivity contribution in [1.29, 1.82) is 0 Å². The van der Waals surface area contributed by atoms with Crippen molar-refractivity contribution in [2.45, 2.75) is 41.0 Å². The van der Waals surface area contributed by atoms with Crippen molar-refractivity contribution in [2.75, 3.05) is 0 Å². The first-order valence-corrected chi connectivity index (χ1v) is 6.94. The molecule has 0 bridgehead atoms. The fourth-order valence-electron chi connectivity index (χ4n) is 2.05. The third-order valence-electron chi connectivity index (χ3n) is 2.97. The highest BCUT2D eigenvalue weighted by molar-refractivity contribution is 5.57. The molecule has 2 rings (SSSR count). The maximum Gasteiger partial charge on any atom is 0.153 e. The number of hydrogen-bond donors (Lipinski definition) is 1. The zero-order valence-corrected chi connectivity index (χ0v) is 12.9. The van der Waals surface area contributed by atoms with Crippen LogP contribution in [0.4, 0.5) is 0 Å². The zero-order valence-electron chi connectivity index (χ0n) is 12.9. The molecule has 0 unspecified atom stereocenters. The number of aromatic nitrogens is 3. The summed E-state index contributed by atoms with van der Waals surface area (Å²) in [6, 6.07) is 3.91. The molecule has 0 fully saturated rings. The lowest BCUT2D eigenvalue weighted by Gasteiger charge is -2.05. The summed E-state index contributed by atoms with van der Waals surface area (Å²) >= 11 is 0. The van der Waals surface area contributed by atoms with E-state index in [0.717, 1.165) is 29.1 Å². The first kappa shape index (κ1) is 16.0. The molecule has 0 saturated carbocycles. The summed E-state index contributed by atoms with van der Waals surface area (Å²) in [5, 5.41) is 13.9. The third kappa shape index (κ3) is 3.07. The van der Waals surface area contributed by atoms with E-state index in [2.05, 4.69) is 23.6 Å². The van der Waals surface area contributed by atoms with Crippen LogP contribution in [0.3, 0.4) is 0 Å². The van der Waals surface area contributed by atoms with Crippen LogP contribution in [0.25, 0.3) is 11.6 Å². The van der Waals surface area contributed by atoms with Gasteiger partial charge in [0.2, 0.25) is 0 Å². The third-order valence-corrected chi connectivity index (χ3v) is 2.97. The van der Waals surface area contributed by atoms with Gasteiger partial charge in [-0.1, -0.05) is 27.4 Å². The van der Waals surface area contributed by atoms with Crippen LogP contribution < -0.4 is 0 Å². The molecule has 2 aromatic heterocycles. The first-order chi connectivity index (χ1) is 9.54. The van der Waals surface area contributed by atoms with Crippen LogP contribution in [0.1, 0.15) is 43.3 Å². The predicted octanol–water partition coefficient (Wildman–Crippen LogP) is 4.00. The number of aliphatic hydroxyl groups is 1. The van der Waals surface area contributed by atoms with Crippen LogP contribution in [0.2, 0.25) is 0 Å². The van der Waals surface area contributed by atoms with Gasteiger partial charge < -0.3 is 5.11 Å². The molecule has 0 radical (unpaired) electrons. The molecule has 4 nitrogen and oxygen atoms in total. The van der Waals surface area contributed by atoms with Crippen LogP contribution in [0, 0.1) is 13.8 Å². The molecule has 0 aliphatic rings. The van der Waals surface area contributed by atoms with Gasteiger partial charge >= 0.3 is 0 Å². The summed E-state index contributed by atoms with van der Waals surface area (Å²) in [5.41, 5.74) is 3.65. The Morgan fingerprint density at radius 1 is 1.35 bits per heavy atom. The molecule has 0 aromatic carbocycles. The first-order valence-electron chi connectivity index (χ1n) is 6.94. The Hall–Kier alpha value is -2.10. The monoisotopic (exact) mass is 273 g/mol. The van der Waals surface area contributed by atoms with Gasteiger partial charge in [0.1, 0.15) is 11.5 Å². The van der Waals surface area contributed by atoms with Crippen molar-refractivity contribution in [2.24, 2.45) is 0 Å². The number of aliphatic hydroxyl groups excluding tert-OH is 1. The van der Waals surface area contributed by atoms with E-state index in [1.165, 1.54) is 0 Å². The lowest BCUT2D eigenvalue weighted by Crippen LogP contribution is -2.04. The molecule has 0 atom stereocenters. The summed E-state index contributed by atoms with van der Waals surface area (Å²) in [4.78, 5) is 4.32. The number of pyridine rings is 1. The van der Waals surface area contributed by atoms with E-state index in [0.29, 0.717) is 5.69 Å². The molecular weight excluding hydrogens is 250 g/mol. The standard InChI is InChI=1S/C14H17N3O.C2H6/c1-5-12-10(3)14(11(4)18)16-17(12)13-8-9(2)6-7-15-13;1-2/h6-8,18H,4-5H2,1-3H3;1-2H3. The number of nitrogens with zero attached hydrogens (tertiary/aromatic N) is 3. The molecule has 0 aliphatic heterocycles. The highest BCUT2D eigenvalue weighted by Crippen LogP contribution is 2.21. The molecule has 2 heterocycles. The fourth-order valence-corrected chi connectivity index (χ4v) is 2.05. The van der Waals surface area contributed by atoms with Crippen molar-refractivity contribution in [3.63, 3.8) is 0 Å². The molecular formula is C16H23N3O. The van der Waals surface area contributed by atoms with Crippen LogP contribution in [-0.2, 0) is 6.42 Å². The van der Waals surface area contributed by atoms with Gasteiger partial charge in [0.25, 0.3) is 0 Å². The van der Waals surface area contributed by atoms with Gasteiger partial charge in [-0.25, -0.2) is 9.67 Å². The highest BCUT2D eigenvalue weighted by Gasteiger charge is 2.16. The number of hydrogen-bond acceptors (Lipinski definition) is 3. The SMILES string of the molecule is C=C(O)c1nn(-c2cc(C)ccn2)c(CC)c1C.CC. The van der Waals surface area contributed by atoms with Crippen molar-refractivity contribution in [3.8, 4) is 5.82 Å². The van der Waals surface area contributed by atoms with Crippen LogP contribution >= 0.6 is 0 Å². The second kappa shape index (κ2) is 6.89. The van der Waals surface area contributed by atoms with Crippen molar-refractivity contribution < 1.29 is 5.11 Å². The molecule has 0 saturated heterocycles. The Kier molecular flexibility index (Phi) is 5.50. The van der Waals surface area contributed by atoms with Crippen LogP contribution in [0.15, 0.2) is 24.9 Å². The quantitative estimate of drug-likeness (QED) is 0.860. The van der Waals surface area contributed by atoms with Gasteiger partial charge in [0.15, 0.2) is 5.82 Å². The minimum atomic E-state index is -0.00592. The maximum atomic E-state index is 9.55. The average Bonchev–Trinajstić information content (AvgIpc) is 2.78. The Balaban J connectivity index is 0.000000956. The largest absolute Gasteiger partial charge is 0.506 e. The average molecular weight is 273 g/mol. The van der Waals surface area contributed by atoms with Crippen LogP contribution in [-0.4, -0.2) is 19.9 Å². The molecule has 1 N–H and O–H groups in total.